The normalized spacial score (nSPS) is 14.8. The molecule has 6 nitrogen and oxygen atoms in total. The van der Waals surface area contributed by atoms with E-state index in [2.05, 4.69) is 4.90 Å². The van der Waals surface area contributed by atoms with E-state index in [0.717, 1.165) is 11.8 Å². The first kappa shape index (κ1) is 20.8. The van der Waals surface area contributed by atoms with Gasteiger partial charge in [-0.25, -0.2) is 4.79 Å². The highest BCUT2D eigenvalue weighted by molar-refractivity contribution is 5.93. The van der Waals surface area contributed by atoms with Gasteiger partial charge >= 0.3 is 12.1 Å². The second kappa shape index (κ2) is 7.64. The summed E-state index contributed by atoms with van der Waals surface area (Å²) in [5.74, 6) is -1.27. The van der Waals surface area contributed by atoms with Crippen LogP contribution in [0.4, 0.5) is 24.5 Å². The maximum Gasteiger partial charge on any atom is 0.416 e. The van der Waals surface area contributed by atoms with Gasteiger partial charge in [-0.15, -0.1) is 0 Å². The Morgan fingerprint density at radius 2 is 1.58 bits per heavy atom. The molecule has 1 saturated heterocycles. The first-order valence-corrected chi connectivity index (χ1v) is 9.69. The van der Waals surface area contributed by atoms with Gasteiger partial charge in [0.2, 0.25) is 5.43 Å². The third-order valence-electron chi connectivity index (χ3n) is 5.59. The number of hydrogen-bond acceptors (Lipinski definition) is 4. The van der Waals surface area contributed by atoms with Crippen molar-refractivity contribution < 1.29 is 23.1 Å². The van der Waals surface area contributed by atoms with Gasteiger partial charge in [0.15, 0.2) is 0 Å². The number of fused-ring (bicyclic) bond motifs is 1. The molecule has 9 heteroatoms. The van der Waals surface area contributed by atoms with E-state index in [0.29, 0.717) is 42.8 Å². The molecule has 4 rings (SSSR count). The molecule has 1 fully saturated rings. The molecule has 0 spiro atoms. The molecule has 0 atom stereocenters. The smallest absolute Gasteiger partial charge is 0.416 e. The van der Waals surface area contributed by atoms with Crippen LogP contribution in [0.3, 0.4) is 0 Å². The molecule has 162 valence electrons. The Balaban J connectivity index is 1.55. The number of anilines is 2. The van der Waals surface area contributed by atoms with Crippen molar-refractivity contribution in [3.8, 4) is 0 Å². The van der Waals surface area contributed by atoms with Crippen molar-refractivity contribution in [2.75, 3.05) is 36.0 Å². The van der Waals surface area contributed by atoms with Crippen LogP contribution in [0.15, 0.2) is 53.5 Å². The molecule has 0 aliphatic carbocycles. The van der Waals surface area contributed by atoms with Crippen molar-refractivity contribution in [3.63, 3.8) is 0 Å². The van der Waals surface area contributed by atoms with Crippen LogP contribution in [0, 0.1) is 0 Å². The SMILES string of the molecule is Cn1cc(C(=O)O)c(=O)c2ccc(N3CCN(c4cccc(C(F)(F)F)c4)CC3)cc21. The summed E-state index contributed by atoms with van der Waals surface area (Å²) in [6.07, 6.45) is -3.07. The summed E-state index contributed by atoms with van der Waals surface area (Å²) in [4.78, 5) is 27.7. The van der Waals surface area contributed by atoms with Gasteiger partial charge in [0.1, 0.15) is 5.56 Å². The number of carboxylic acids is 1. The summed E-state index contributed by atoms with van der Waals surface area (Å²) in [6.45, 7) is 2.30. The molecule has 31 heavy (non-hydrogen) atoms. The lowest BCUT2D eigenvalue weighted by Crippen LogP contribution is -2.46. The van der Waals surface area contributed by atoms with Gasteiger partial charge in [0.25, 0.3) is 0 Å². The quantitative estimate of drug-likeness (QED) is 0.687. The number of pyridine rings is 1. The first-order chi connectivity index (χ1) is 14.6. The lowest BCUT2D eigenvalue weighted by molar-refractivity contribution is -0.137. The summed E-state index contributed by atoms with van der Waals surface area (Å²) in [7, 11) is 1.68. The number of halogens is 3. The molecular weight excluding hydrogens is 411 g/mol. The zero-order valence-electron chi connectivity index (χ0n) is 16.7. The minimum Gasteiger partial charge on any atom is -0.477 e. The fourth-order valence-corrected chi connectivity index (χ4v) is 3.92. The Labute approximate surface area is 175 Å². The van der Waals surface area contributed by atoms with Crippen LogP contribution in [-0.4, -0.2) is 41.8 Å². The predicted molar refractivity (Wildman–Crippen MR) is 112 cm³/mol. The molecule has 1 aliphatic rings. The van der Waals surface area contributed by atoms with E-state index >= 15 is 0 Å². The lowest BCUT2D eigenvalue weighted by atomic mass is 10.1. The third kappa shape index (κ3) is 3.95. The van der Waals surface area contributed by atoms with Crippen molar-refractivity contribution in [2.45, 2.75) is 6.18 Å². The molecule has 1 aromatic heterocycles. The molecule has 0 saturated carbocycles. The van der Waals surface area contributed by atoms with E-state index in [1.54, 1.807) is 29.8 Å². The zero-order chi connectivity index (χ0) is 22.3. The van der Waals surface area contributed by atoms with Crippen LogP contribution >= 0.6 is 0 Å². The maximum atomic E-state index is 13.0. The number of aryl methyl sites for hydroxylation is 1. The minimum absolute atomic E-state index is 0.280. The van der Waals surface area contributed by atoms with Crippen LogP contribution in [0.5, 0.6) is 0 Å². The lowest BCUT2D eigenvalue weighted by Gasteiger charge is -2.37. The van der Waals surface area contributed by atoms with Crippen LogP contribution in [0.1, 0.15) is 15.9 Å². The monoisotopic (exact) mass is 431 g/mol. The standard InChI is InChI=1S/C22H20F3N3O3/c1-26-13-18(21(30)31)20(29)17-6-5-16(12-19(17)26)28-9-7-27(8-10-28)15-4-2-3-14(11-15)22(23,24)25/h2-6,11-13H,7-10H2,1H3,(H,30,31). The number of carboxylic acid groups (broad SMARTS) is 1. The topological polar surface area (TPSA) is 65.8 Å². The van der Waals surface area contributed by atoms with E-state index in [4.69, 9.17) is 0 Å². The molecular formula is C22H20F3N3O3. The summed E-state index contributed by atoms with van der Waals surface area (Å²) < 4.78 is 40.6. The predicted octanol–water partition coefficient (Wildman–Crippen LogP) is 3.58. The van der Waals surface area contributed by atoms with Gasteiger partial charge in [-0.05, 0) is 36.4 Å². The highest BCUT2D eigenvalue weighted by atomic mass is 19.4. The van der Waals surface area contributed by atoms with E-state index in [9.17, 15) is 27.9 Å². The maximum absolute atomic E-state index is 13.0. The Morgan fingerprint density at radius 3 is 2.16 bits per heavy atom. The fraction of sp³-hybridized carbons (Fsp3) is 0.273. The molecule has 1 aliphatic heterocycles. The molecule has 0 bridgehead atoms. The number of nitrogens with zero attached hydrogens (tertiary/aromatic N) is 3. The second-order valence-electron chi connectivity index (χ2n) is 7.51. The highest BCUT2D eigenvalue weighted by Crippen LogP contribution is 2.32. The number of benzene rings is 2. The molecule has 2 aromatic carbocycles. The number of aromatic carboxylic acids is 1. The average molecular weight is 431 g/mol. The number of aromatic nitrogens is 1. The number of piperazine rings is 1. The largest absolute Gasteiger partial charge is 0.477 e. The van der Waals surface area contributed by atoms with Crippen molar-refractivity contribution >= 4 is 28.2 Å². The number of carbonyl (C=O) groups is 1. The van der Waals surface area contributed by atoms with Gasteiger partial charge in [-0.3, -0.25) is 4.79 Å². The summed E-state index contributed by atoms with van der Waals surface area (Å²) in [6, 6.07) is 10.6. The Kier molecular flexibility index (Phi) is 5.12. The Morgan fingerprint density at radius 1 is 0.968 bits per heavy atom. The van der Waals surface area contributed by atoms with Gasteiger partial charge in [0, 0.05) is 56.2 Å². The van der Waals surface area contributed by atoms with Gasteiger partial charge < -0.3 is 19.5 Å². The molecule has 3 aromatic rings. The van der Waals surface area contributed by atoms with Crippen molar-refractivity contribution in [1.82, 2.24) is 4.57 Å². The second-order valence-corrected chi connectivity index (χ2v) is 7.51. The Hall–Kier alpha value is -3.49. The summed E-state index contributed by atoms with van der Waals surface area (Å²) in [5, 5.41) is 9.53. The fourth-order valence-electron chi connectivity index (χ4n) is 3.92. The van der Waals surface area contributed by atoms with Gasteiger partial charge in [-0.1, -0.05) is 6.07 Å². The van der Waals surface area contributed by atoms with E-state index in [1.165, 1.54) is 18.3 Å². The van der Waals surface area contributed by atoms with Gasteiger partial charge in [0.05, 0.1) is 11.1 Å². The van der Waals surface area contributed by atoms with Crippen molar-refractivity contribution in [2.24, 2.45) is 7.05 Å². The van der Waals surface area contributed by atoms with Gasteiger partial charge in [-0.2, -0.15) is 13.2 Å². The molecule has 0 amide bonds. The van der Waals surface area contributed by atoms with E-state index in [-0.39, 0.29) is 5.56 Å². The Bertz CT molecular complexity index is 1210. The van der Waals surface area contributed by atoms with Crippen LogP contribution in [0.2, 0.25) is 0 Å². The number of hydrogen-bond donors (Lipinski definition) is 1. The van der Waals surface area contributed by atoms with Crippen molar-refractivity contribution in [1.29, 1.82) is 0 Å². The van der Waals surface area contributed by atoms with Crippen LogP contribution < -0.4 is 15.2 Å². The third-order valence-corrected chi connectivity index (χ3v) is 5.59. The van der Waals surface area contributed by atoms with E-state index in [1.807, 2.05) is 11.0 Å². The van der Waals surface area contributed by atoms with Crippen LogP contribution in [-0.2, 0) is 13.2 Å². The number of rotatable bonds is 3. The van der Waals surface area contributed by atoms with Crippen LogP contribution in [0.25, 0.3) is 10.9 Å². The molecule has 1 N–H and O–H groups in total. The zero-order valence-corrected chi connectivity index (χ0v) is 16.7. The molecule has 2 heterocycles. The molecule has 0 radical (unpaired) electrons. The number of alkyl halides is 3. The first-order valence-electron chi connectivity index (χ1n) is 9.69. The molecule has 0 unspecified atom stereocenters. The summed E-state index contributed by atoms with van der Waals surface area (Å²) in [5.41, 5.74) is 0.557. The average Bonchev–Trinajstić information content (AvgIpc) is 2.75. The highest BCUT2D eigenvalue weighted by Gasteiger charge is 2.31. The summed E-state index contributed by atoms with van der Waals surface area (Å²) >= 11 is 0. The van der Waals surface area contributed by atoms with E-state index < -0.39 is 23.1 Å². The van der Waals surface area contributed by atoms with Crippen molar-refractivity contribution in [3.05, 3.63) is 70.0 Å². The minimum atomic E-state index is -4.38.